The number of hydrogen-bond acceptors (Lipinski definition) is 3. The molecule has 5 nitrogen and oxygen atoms in total. The summed E-state index contributed by atoms with van der Waals surface area (Å²) in [5.74, 6) is 0.912. The van der Waals surface area contributed by atoms with E-state index in [0.29, 0.717) is 19.3 Å². The predicted octanol–water partition coefficient (Wildman–Crippen LogP) is 0.00570. The van der Waals surface area contributed by atoms with Gasteiger partial charge in [-0.25, -0.2) is 4.79 Å². The van der Waals surface area contributed by atoms with Gasteiger partial charge in [0.15, 0.2) is 0 Å². The van der Waals surface area contributed by atoms with Crippen LogP contribution in [0.3, 0.4) is 0 Å². The van der Waals surface area contributed by atoms with Gasteiger partial charge in [0.1, 0.15) is 12.6 Å². The average Bonchev–Trinajstić information content (AvgIpc) is 2.16. The molecule has 0 saturated heterocycles. The minimum atomic E-state index is -1.06. The van der Waals surface area contributed by atoms with Gasteiger partial charge in [-0.2, -0.15) is 0 Å². The number of carboxylic acid groups (broad SMARTS) is 1. The maximum Gasteiger partial charge on any atom is 0.326 e. The zero-order valence-electron chi connectivity index (χ0n) is 8.66. The molecule has 0 saturated carbocycles. The van der Waals surface area contributed by atoms with Crippen molar-refractivity contribution in [3.8, 4) is 12.3 Å². The zero-order valence-corrected chi connectivity index (χ0v) is 8.66. The third-order valence-electron chi connectivity index (χ3n) is 1.72. The van der Waals surface area contributed by atoms with Crippen molar-refractivity contribution >= 4 is 11.9 Å². The summed E-state index contributed by atoms with van der Waals surface area (Å²) in [6.45, 7) is -0.140. The zero-order chi connectivity index (χ0) is 11.7. The largest absolute Gasteiger partial charge is 0.480 e. The lowest BCUT2D eigenvalue weighted by Crippen LogP contribution is -2.42. The fourth-order valence-electron chi connectivity index (χ4n) is 1.03. The number of carbonyl (C=O) groups excluding carboxylic acids is 1. The van der Waals surface area contributed by atoms with Gasteiger partial charge in [-0.1, -0.05) is 0 Å². The van der Waals surface area contributed by atoms with Crippen LogP contribution in [-0.4, -0.2) is 36.7 Å². The lowest BCUT2D eigenvalue weighted by atomic mass is 10.1. The quantitative estimate of drug-likeness (QED) is 0.461. The molecule has 2 N–H and O–H groups in total. The van der Waals surface area contributed by atoms with Crippen molar-refractivity contribution in [2.45, 2.75) is 25.3 Å². The molecule has 1 amide bonds. The summed E-state index contributed by atoms with van der Waals surface area (Å²) in [5, 5.41) is 11.1. The van der Waals surface area contributed by atoms with Crippen LogP contribution in [0.25, 0.3) is 0 Å². The van der Waals surface area contributed by atoms with Gasteiger partial charge in [-0.05, 0) is 12.8 Å². The Kier molecular flexibility index (Phi) is 7.02. The highest BCUT2D eigenvalue weighted by atomic mass is 16.5. The van der Waals surface area contributed by atoms with Crippen LogP contribution in [-0.2, 0) is 14.3 Å². The molecule has 0 aromatic rings. The molecule has 0 heterocycles. The van der Waals surface area contributed by atoms with Gasteiger partial charge in [-0.3, -0.25) is 4.79 Å². The number of carboxylic acids is 1. The first kappa shape index (κ1) is 13.5. The molecule has 0 aliphatic heterocycles. The van der Waals surface area contributed by atoms with E-state index in [1.807, 2.05) is 0 Å². The maximum absolute atomic E-state index is 11.1. The number of unbranched alkanes of at least 4 members (excludes halogenated alkanes) is 1. The van der Waals surface area contributed by atoms with Crippen molar-refractivity contribution in [2.24, 2.45) is 0 Å². The summed E-state index contributed by atoms with van der Waals surface area (Å²) in [5.41, 5.74) is 0. The Morgan fingerprint density at radius 1 is 1.60 bits per heavy atom. The summed E-state index contributed by atoms with van der Waals surface area (Å²) >= 11 is 0. The monoisotopic (exact) mass is 213 g/mol. The lowest BCUT2D eigenvalue weighted by Gasteiger charge is -2.13. The molecule has 0 bridgehead atoms. The fourth-order valence-corrected chi connectivity index (χ4v) is 1.03. The Hall–Kier alpha value is -1.54. The SMILES string of the molecule is C#CCCC[C@H](NC(=O)COC)C(=O)O. The first-order chi connectivity index (χ1) is 7.11. The van der Waals surface area contributed by atoms with Crippen LogP contribution < -0.4 is 5.32 Å². The van der Waals surface area contributed by atoms with E-state index >= 15 is 0 Å². The maximum atomic E-state index is 11.1. The highest BCUT2D eigenvalue weighted by molar-refractivity contribution is 5.84. The van der Waals surface area contributed by atoms with E-state index in [-0.39, 0.29) is 6.61 Å². The Balaban J connectivity index is 3.99. The van der Waals surface area contributed by atoms with Crippen molar-refractivity contribution in [1.29, 1.82) is 0 Å². The van der Waals surface area contributed by atoms with Crippen molar-refractivity contribution in [2.75, 3.05) is 13.7 Å². The van der Waals surface area contributed by atoms with Gasteiger partial charge in [0.2, 0.25) is 5.91 Å². The summed E-state index contributed by atoms with van der Waals surface area (Å²) in [7, 11) is 1.37. The number of aliphatic carboxylic acids is 1. The molecule has 1 atom stereocenters. The molecule has 0 spiro atoms. The minimum absolute atomic E-state index is 0.140. The molecular weight excluding hydrogens is 198 g/mol. The Labute approximate surface area is 88.8 Å². The number of ether oxygens (including phenoxy) is 1. The second-order valence-corrected chi connectivity index (χ2v) is 2.99. The van der Waals surface area contributed by atoms with Gasteiger partial charge in [0.05, 0.1) is 0 Å². The molecule has 0 aliphatic rings. The standard InChI is InChI=1S/C10H15NO4/c1-3-4-5-6-8(10(13)14)11-9(12)7-15-2/h1,8H,4-7H2,2H3,(H,11,12)(H,13,14)/t8-/m0/s1. The number of rotatable bonds is 7. The van der Waals surface area contributed by atoms with Crippen molar-refractivity contribution < 1.29 is 19.4 Å². The van der Waals surface area contributed by atoms with Gasteiger partial charge in [0, 0.05) is 13.5 Å². The molecule has 0 unspecified atom stereocenters. The number of hydrogen-bond donors (Lipinski definition) is 2. The van der Waals surface area contributed by atoms with Gasteiger partial charge in [-0.15, -0.1) is 12.3 Å². The molecule has 0 aliphatic carbocycles. The van der Waals surface area contributed by atoms with Crippen LogP contribution in [0.15, 0.2) is 0 Å². The highest BCUT2D eigenvalue weighted by Gasteiger charge is 2.18. The lowest BCUT2D eigenvalue weighted by molar-refractivity contribution is -0.142. The van der Waals surface area contributed by atoms with Crippen LogP contribution in [0, 0.1) is 12.3 Å². The van der Waals surface area contributed by atoms with Crippen molar-refractivity contribution in [1.82, 2.24) is 5.32 Å². The topological polar surface area (TPSA) is 75.6 Å². The number of terminal acetylenes is 1. The molecule has 0 radical (unpaired) electrons. The van der Waals surface area contributed by atoms with E-state index in [4.69, 9.17) is 11.5 Å². The molecule has 0 fully saturated rings. The van der Waals surface area contributed by atoms with Gasteiger partial charge >= 0.3 is 5.97 Å². The molecule has 15 heavy (non-hydrogen) atoms. The van der Waals surface area contributed by atoms with E-state index in [1.165, 1.54) is 7.11 Å². The molecule has 5 heteroatoms. The molecule has 84 valence electrons. The van der Waals surface area contributed by atoms with Crippen LogP contribution in [0.4, 0.5) is 0 Å². The second-order valence-electron chi connectivity index (χ2n) is 2.99. The minimum Gasteiger partial charge on any atom is -0.480 e. The molecule has 0 aromatic heterocycles. The van der Waals surface area contributed by atoms with Crippen LogP contribution in [0.2, 0.25) is 0 Å². The summed E-state index contributed by atoms with van der Waals surface area (Å²) < 4.78 is 4.57. The summed E-state index contributed by atoms with van der Waals surface area (Å²) in [6, 6.07) is -0.888. The smallest absolute Gasteiger partial charge is 0.326 e. The number of amides is 1. The van der Waals surface area contributed by atoms with Crippen LogP contribution in [0.5, 0.6) is 0 Å². The highest BCUT2D eigenvalue weighted by Crippen LogP contribution is 2.00. The number of carbonyl (C=O) groups is 2. The first-order valence-corrected chi connectivity index (χ1v) is 4.56. The van der Waals surface area contributed by atoms with E-state index in [9.17, 15) is 9.59 Å². The molecule has 0 aromatic carbocycles. The van der Waals surface area contributed by atoms with Crippen LogP contribution >= 0.6 is 0 Å². The van der Waals surface area contributed by atoms with E-state index in [2.05, 4.69) is 16.0 Å². The number of nitrogens with one attached hydrogen (secondary N) is 1. The average molecular weight is 213 g/mol. The van der Waals surface area contributed by atoms with Crippen molar-refractivity contribution in [3.05, 3.63) is 0 Å². The summed E-state index contributed by atoms with van der Waals surface area (Å²) in [4.78, 5) is 21.8. The normalized spacial score (nSPS) is 11.5. The fraction of sp³-hybridized carbons (Fsp3) is 0.600. The van der Waals surface area contributed by atoms with Crippen molar-refractivity contribution in [3.63, 3.8) is 0 Å². The summed E-state index contributed by atoms with van der Waals surface area (Å²) in [6.07, 6.45) is 6.44. The van der Waals surface area contributed by atoms with E-state index in [0.717, 1.165) is 0 Å². The molecule has 0 rings (SSSR count). The Morgan fingerprint density at radius 3 is 2.73 bits per heavy atom. The second kappa shape index (κ2) is 7.83. The van der Waals surface area contributed by atoms with E-state index < -0.39 is 17.9 Å². The Morgan fingerprint density at radius 2 is 2.27 bits per heavy atom. The number of methoxy groups -OCH3 is 1. The predicted molar refractivity (Wildman–Crippen MR) is 54.1 cm³/mol. The molecular formula is C10H15NO4. The van der Waals surface area contributed by atoms with E-state index in [1.54, 1.807) is 0 Å². The van der Waals surface area contributed by atoms with Crippen LogP contribution in [0.1, 0.15) is 19.3 Å². The Bertz CT molecular complexity index is 257. The van der Waals surface area contributed by atoms with Gasteiger partial charge < -0.3 is 15.2 Å². The third kappa shape index (κ3) is 6.52. The first-order valence-electron chi connectivity index (χ1n) is 4.56. The van der Waals surface area contributed by atoms with Gasteiger partial charge in [0.25, 0.3) is 0 Å². The third-order valence-corrected chi connectivity index (χ3v) is 1.72.